The second kappa shape index (κ2) is 6.80. The van der Waals surface area contributed by atoms with Gasteiger partial charge in [-0.05, 0) is 29.8 Å². The lowest BCUT2D eigenvalue weighted by atomic mass is 10.2. The number of nitrogens with zero attached hydrogens (tertiary/aromatic N) is 2. The zero-order chi connectivity index (χ0) is 16.2. The van der Waals surface area contributed by atoms with E-state index in [9.17, 15) is 4.79 Å². The Balaban J connectivity index is 1.58. The van der Waals surface area contributed by atoms with Crippen LogP contribution in [0.5, 0.6) is 0 Å². The van der Waals surface area contributed by atoms with Crippen molar-refractivity contribution in [2.75, 3.05) is 5.32 Å². The Morgan fingerprint density at radius 2 is 2.00 bits per heavy atom. The maximum absolute atomic E-state index is 11.0. The number of amides is 1. The number of primary amides is 1. The molecule has 0 bridgehead atoms. The molecular formula is C15H13ClN4O2S. The highest BCUT2D eigenvalue weighted by Crippen LogP contribution is 2.20. The van der Waals surface area contributed by atoms with E-state index >= 15 is 0 Å². The second-order valence-corrected chi connectivity index (χ2v) is 6.29. The Morgan fingerprint density at radius 3 is 2.70 bits per heavy atom. The summed E-state index contributed by atoms with van der Waals surface area (Å²) in [6, 6.07) is 10.9. The molecule has 6 nitrogen and oxygen atoms in total. The van der Waals surface area contributed by atoms with Gasteiger partial charge in [0.2, 0.25) is 5.13 Å². The average molecular weight is 349 g/mol. The van der Waals surface area contributed by atoms with Gasteiger partial charge in [0, 0.05) is 11.4 Å². The molecule has 3 N–H and O–H groups in total. The molecule has 0 atom stereocenters. The van der Waals surface area contributed by atoms with Gasteiger partial charge in [-0.1, -0.05) is 35.1 Å². The lowest BCUT2D eigenvalue weighted by Crippen LogP contribution is -2.09. The van der Waals surface area contributed by atoms with Crippen molar-refractivity contribution in [1.82, 2.24) is 10.2 Å². The van der Waals surface area contributed by atoms with Gasteiger partial charge in [0.1, 0.15) is 10.8 Å². The highest BCUT2D eigenvalue weighted by atomic mass is 35.5. The van der Waals surface area contributed by atoms with Gasteiger partial charge in [-0.25, -0.2) is 0 Å². The van der Waals surface area contributed by atoms with E-state index < -0.39 is 5.91 Å². The zero-order valence-electron chi connectivity index (χ0n) is 12.0. The molecule has 3 aromatic rings. The molecule has 0 saturated heterocycles. The largest absolute Gasteiger partial charge is 0.454 e. The molecule has 0 aliphatic rings. The van der Waals surface area contributed by atoms with Gasteiger partial charge >= 0.3 is 0 Å². The summed E-state index contributed by atoms with van der Waals surface area (Å²) in [5.41, 5.74) is 6.26. The molecule has 0 spiro atoms. The lowest BCUT2D eigenvalue weighted by Gasteiger charge is -1.98. The number of aromatic nitrogens is 2. The van der Waals surface area contributed by atoms with E-state index in [0.29, 0.717) is 28.9 Å². The van der Waals surface area contributed by atoms with Crippen LogP contribution in [0.1, 0.15) is 26.9 Å². The first-order valence-corrected chi connectivity index (χ1v) is 7.99. The standard InChI is InChI=1S/C15H13ClN4O2S/c16-10-3-1-9(2-4-10)7-13-19-20-15(23-13)18-8-11-5-6-12(22-11)14(17)21/h1-6H,7-8H2,(H2,17,21)(H,18,20). The quantitative estimate of drug-likeness (QED) is 0.713. The maximum atomic E-state index is 11.0. The second-order valence-electron chi connectivity index (χ2n) is 4.79. The van der Waals surface area contributed by atoms with Gasteiger partial charge in [0.25, 0.3) is 5.91 Å². The summed E-state index contributed by atoms with van der Waals surface area (Å²) in [5.74, 6) is 0.160. The average Bonchev–Trinajstić information content (AvgIpc) is 3.17. The van der Waals surface area contributed by atoms with Crippen LogP contribution in [0.15, 0.2) is 40.8 Å². The Hall–Kier alpha value is -2.38. The number of furan rings is 1. The molecule has 0 unspecified atom stereocenters. The number of nitrogens with two attached hydrogens (primary N) is 1. The molecule has 1 amide bonds. The van der Waals surface area contributed by atoms with Crippen LogP contribution in [-0.4, -0.2) is 16.1 Å². The van der Waals surface area contributed by atoms with Gasteiger partial charge in [0.15, 0.2) is 5.76 Å². The van der Waals surface area contributed by atoms with E-state index in [1.165, 1.54) is 11.3 Å². The van der Waals surface area contributed by atoms with Crippen molar-refractivity contribution in [3.05, 3.63) is 63.5 Å². The topological polar surface area (TPSA) is 94.0 Å². The van der Waals surface area contributed by atoms with Gasteiger partial charge < -0.3 is 15.5 Å². The van der Waals surface area contributed by atoms with E-state index in [2.05, 4.69) is 15.5 Å². The van der Waals surface area contributed by atoms with Crippen LogP contribution in [0, 0.1) is 0 Å². The highest BCUT2D eigenvalue weighted by Gasteiger charge is 2.09. The van der Waals surface area contributed by atoms with Crippen molar-refractivity contribution in [3.8, 4) is 0 Å². The molecule has 0 radical (unpaired) electrons. The number of anilines is 1. The minimum Gasteiger partial charge on any atom is -0.454 e. The molecule has 1 aromatic carbocycles. The van der Waals surface area contributed by atoms with Crippen molar-refractivity contribution >= 4 is 34.0 Å². The number of carbonyl (C=O) groups is 1. The summed E-state index contributed by atoms with van der Waals surface area (Å²) in [6.07, 6.45) is 0.698. The summed E-state index contributed by atoms with van der Waals surface area (Å²) in [5, 5.41) is 13.6. The first kappa shape index (κ1) is 15.5. The highest BCUT2D eigenvalue weighted by molar-refractivity contribution is 7.15. The summed E-state index contributed by atoms with van der Waals surface area (Å²) >= 11 is 7.33. The van der Waals surface area contributed by atoms with Crippen molar-refractivity contribution in [2.45, 2.75) is 13.0 Å². The van der Waals surface area contributed by atoms with Gasteiger partial charge in [-0.2, -0.15) is 0 Å². The Kier molecular flexibility index (Phi) is 4.59. The van der Waals surface area contributed by atoms with Crippen LogP contribution < -0.4 is 11.1 Å². The number of hydrogen-bond donors (Lipinski definition) is 2. The normalized spacial score (nSPS) is 10.7. The maximum Gasteiger partial charge on any atom is 0.284 e. The fourth-order valence-electron chi connectivity index (χ4n) is 1.94. The van der Waals surface area contributed by atoms with Crippen molar-refractivity contribution in [1.29, 1.82) is 0 Å². The van der Waals surface area contributed by atoms with Crippen molar-refractivity contribution < 1.29 is 9.21 Å². The third-order valence-electron chi connectivity index (χ3n) is 3.05. The Labute approximate surface area is 141 Å². The predicted molar refractivity (Wildman–Crippen MR) is 88.7 cm³/mol. The van der Waals surface area contributed by atoms with E-state index in [-0.39, 0.29) is 5.76 Å². The van der Waals surface area contributed by atoms with Crippen molar-refractivity contribution in [3.63, 3.8) is 0 Å². The molecule has 0 aliphatic carbocycles. The third-order valence-corrected chi connectivity index (χ3v) is 4.19. The molecule has 2 heterocycles. The van der Waals surface area contributed by atoms with Gasteiger partial charge in [-0.3, -0.25) is 4.79 Å². The minimum atomic E-state index is -0.586. The SMILES string of the molecule is NC(=O)c1ccc(CNc2nnc(Cc3ccc(Cl)cc3)s2)o1. The number of carbonyl (C=O) groups excluding carboxylic acids is 1. The summed E-state index contributed by atoms with van der Waals surface area (Å²) in [6.45, 7) is 0.406. The number of hydrogen-bond acceptors (Lipinski definition) is 6. The molecule has 23 heavy (non-hydrogen) atoms. The Bertz CT molecular complexity index is 813. The molecule has 0 fully saturated rings. The van der Waals surface area contributed by atoms with E-state index in [4.69, 9.17) is 21.8 Å². The van der Waals surface area contributed by atoms with Crippen molar-refractivity contribution in [2.24, 2.45) is 5.73 Å². The molecule has 118 valence electrons. The van der Waals surface area contributed by atoms with E-state index in [1.54, 1.807) is 12.1 Å². The minimum absolute atomic E-state index is 0.141. The molecule has 2 aromatic heterocycles. The van der Waals surface area contributed by atoms with E-state index in [0.717, 1.165) is 10.6 Å². The van der Waals surface area contributed by atoms with Crippen LogP contribution in [0.25, 0.3) is 0 Å². The molecule has 3 rings (SSSR count). The first-order chi connectivity index (χ1) is 11.1. The summed E-state index contributed by atoms with van der Waals surface area (Å²) < 4.78 is 5.29. The lowest BCUT2D eigenvalue weighted by molar-refractivity contribution is 0.0972. The molecule has 0 saturated carbocycles. The fraction of sp³-hybridized carbons (Fsp3) is 0.133. The summed E-state index contributed by atoms with van der Waals surface area (Å²) in [7, 11) is 0. The van der Waals surface area contributed by atoms with Crippen LogP contribution in [-0.2, 0) is 13.0 Å². The molecular weight excluding hydrogens is 336 g/mol. The molecule has 0 aliphatic heterocycles. The number of rotatable bonds is 6. The smallest absolute Gasteiger partial charge is 0.284 e. The number of nitrogens with one attached hydrogen (secondary N) is 1. The number of benzene rings is 1. The third kappa shape index (κ3) is 4.08. The Morgan fingerprint density at radius 1 is 1.22 bits per heavy atom. The van der Waals surface area contributed by atoms with Gasteiger partial charge in [-0.15, -0.1) is 10.2 Å². The van der Waals surface area contributed by atoms with Crippen LogP contribution in [0.2, 0.25) is 5.02 Å². The van der Waals surface area contributed by atoms with Crippen LogP contribution >= 0.6 is 22.9 Å². The molecule has 8 heteroatoms. The number of halogens is 1. The summed E-state index contributed by atoms with van der Waals surface area (Å²) in [4.78, 5) is 11.0. The first-order valence-electron chi connectivity index (χ1n) is 6.79. The van der Waals surface area contributed by atoms with Crippen LogP contribution in [0.3, 0.4) is 0 Å². The monoisotopic (exact) mass is 348 g/mol. The van der Waals surface area contributed by atoms with E-state index in [1.807, 2.05) is 24.3 Å². The zero-order valence-corrected chi connectivity index (χ0v) is 13.5. The van der Waals surface area contributed by atoms with Crippen LogP contribution in [0.4, 0.5) is 5.13 Å². The predicted octanol–water partition coefficient (Wildman–Crippen LogP) is 3.09. The van der Waals surface area contributed by atoms with Gasteiger partial charge in [0.05, 0.1) is 6.54 Å². The fourth-order valence-corrected chi connectivity index (χ4v) is 2.84.